The highest BCUT2D eigenvalue weighted by Crippen LogP contribution is 2.38. The van der Waals surface area contributed by atoms with Gasteiger partial charge in [0.05, 0.1) is 24.4 Å². The van der Waals surface area contributed by atoms with Crippen molar-refractivity contribution >= 4 is 23.5 Å². The first-order valence-electron chi connectivity index (χ1n) is 14.1. The summed E-state index contributed by atoms with van der Waals surface area (Å²) in [4.78, 5) is 45.0. The van der Waals surface area contributed by atoms with Crippen molar-refractivity contribution in [1.82, 2.24) is 9.80 Å². The SMILES string of the molecule is CCOC(=O)C1=C(C)N(Cc2cccc(C(=O)N3CCN(c4ccccc4F)CC3)c2)C(=O)CC1c1ccc(F)cc1. The molecule has 3 aromatic rings. The molecule has 1 atom stereocenters. The highest BCUT2D eigenvalue weighted by Gasteiger charge is 2.37. The zero-order valence-corrected chi connectivity index (χ0v) is 23.7. The Hall–Kier alpha value is -4.53. The number of allylic oxidation sites excluding steroid dienone is 1. The van der Waals surface area contributed by atoms with Gasteiger partial charge in [-0.15, -0.1) is 0 Å². The maximum absolute atomic E-state index is 14.2. The van der Waals surface area contributed by atoms with Gasteiger partial charge in [0.1, 0.15) is 11.6 Å². The monoisotopic (exact) mass is 573 g/mol. The summed E-state index contributed by atoms with van der Waals surface area (Å²) in [6.07, 6.45) is 0.0298. The summed E-state index contributed by atoms with van der Waals surface area (Å²) in [5.41, 5.74) is 3.26. The number of halogens is 2. The first-order valence-corrected chi connectivity index (χ1v) is 14.1. The van der Waals surface area contributed by atoms with Gasteiger partial charge in [-0.1, -0.05) is 36.4 Å². The molecule has 0 aromatic heterocycles. The summed E-state index contributed by atoms with van der Waals surface area (Å²) in [6, 6.07) is 19.5. The van der Waals surface area contributed by atoms with E-state index in [0.717, 1.165) is 5.56 Å². The van der Waals surface area contributed by atoms with Crippen LogP contribution in [0.2, 0.25) is 0 Å². The Morgan fingerprint density at radius 2 is 1.64 bits per heavy atom. The summed E-state index contributed by atoms with van der Waals surface area (Å²) in [5.74, 6) is -2.06. The Bertz CT molecular complexity index is 1510. The van der Waals surface area contributed by atoms with Crippen molar-refractivity contribution in [3.05, 3.63) is 112 Å². The molecular formula is C33H33F2N3O4. The lowest BCUT2D eigenvalue weighted by molar-refractivity contribution is -0.140. The van der Waals surface area contributed by atoms with E-state index in [1.54, 1.807) is 72.2 Å². The fourth-order valence-corrected chi connectivity index (χ4v) is 5.68. The van der Waals surface area contributed by atoms with Gasteiger partial charge in [0.25, 0.3) is 5.91 Å². The smallest absolute Gasteiger partial charge is 0.336 e. The van der Waals surface area contributed by atoms with Crippen molar-refractivity contribution in [1.29, 1.82) is 0 Å². The molecule has 1 saturated heterocycles. The number of amides is 2. The van der Waals surface area contributed by atoms with Gasteiger partial charge in [0.2, 0.25) is 5.91 Å². The predicted octanol–water partition coefficient (Wildman–Crippen LogP) is 5.28. The van der Waals surface area contributed by atoms with E-state index in [1.807, 2.05) is 11.0 Å². The van der Waals surface area contributed by atoms with Gasteiger partial charge in [0, 0.05) is 49.8 Å². The lowest BCUT2D eigenvalue weighted by Gasteiger charge is -2.36. The third-order valence-corrected chi connectivity index (χ3v) is 7.87. The van der Waals surface area contributed by atoms with Crippen LogP contribution in [0, 0.1) is 11.6 Å². The number of esters is 1. The van der Waals surface area contributed by atoms with Crippen LogP contribution in [0.3, 0.4) is 0 Å². The molecule has 0 bridgehead atoms. The molecule has 2 aliphatic heterocycles. The third-order valence-electron chi connectivity index (χ3n) is 7.87. The second kappa shape index (κ2) is 12.5. The van der Waals surface area contributed by atoms with Gasteiger partial charge in [0.15, 0.2) is 0 Å². The van der Waals surface area contributed by atoms with Crippen molar-refractivity contribution in [3.63, 3.8) is 0 Å². The molecule has 0 radical (unpaired) electrons. The Balaban J connectivity index is 1.33. The van der Waals surface area contributed by atoms with E-state index < -0.39 is 17.7 Å². The van der Waals surface area contributed by atoms with Gasteiger partial charge in [-0.25, -0.2) is 13.6 Å². The lowest BCUT2D eigenvalue weighted by Crippen LogP contribution is -2.49. The fourth-order valence-electron chi connectivity index (χ4n) is 5.68. The van der Waals surface area contributed by atoms with Crippen molar-refractivity contribution < 1.29 is 27.9 Å². The van der Waals surface area contributed by atoms with Gasteiger partial charge >= 0.3 is 5.97 Å². The molecule has 1 fully saturated rings. The number of anilines is 1. The van der Waals surface area contributed by atoms with Gasteiger partial charge < -0.3 is 19.4 Å². The van der Waals surface area contributed by atoms with Crippen LogP contribution >= 0.6 is 0 Å². The maximum atomic E-state index is 14.2. The van der Waals surface area contributed by atoms with Gasteiger partial charge in [-0.05, 0) is 61.4 Å². The molecule has 0 N–H and O–H groups in total. The van der Waals surface area contributed by atoms with E-state index >= 15 is 0 Å². The van der Waals surface area contributed by atoms with Crippen LogP contribution in [0.15, 0.2) is 84.1 Å². The number of carbonyl (C=O) groups is 3. The number of para-hydroxylation sites is 1. The van der Waals surface area contributed by atoms with Crippen LogP contribution in [0.25, 0.3) is 0 Å². The molecule has 0 spiro atoms. The number of benzene rings is 3. The number of rotatable bonds is 7. The average molecular weight is 574 g/mol. The van der Waals surface area contributed by atoms with E-state index in [9.17, 15) is 23.2 Å². The van der Waals surface area contributed by atoms with E-state index in [2.05, 4.69) is 0 Å². The molecule has 2 amide bonds. The molecule has 2 aliphatic rings. The second-order valence-corrected chi connectivity index (χ2v) is 10.4. The first-order chi connectivity index (χ1) is 20.3. The van der Waals surface area contributed by atoms with Crippen molar-refractivity contribution in [3.8, 4) is 0 Å². The average Bonchev–Trinajstić information content (AvgIpc) is 2.99. The lowest BCUT2D eigenvalue weighted by atomic mass is 9.83. The topological polar surface area (TPSA) is 70.2 Å². The zero-order valence-electron chi connectivity index (χ0n) is 23.7. The minimum absolute atomic E-state index is 0.0298. The number of piperazine rings is 1. The van der Waals surface area contributed by atoms with Crippen LogP contribution < -0.4 is 4.90 Å². The van der Waals surface area contributed by atoms with Crippen LogP contribution in [0.4, 0.5) is 14.5 Å². The Labute approximate surface area is 244 Å². The summed E-state index contributed by atoms with van der Waals surface area (Å²) in [7, 11) is 0. The van der Waals surface area contributed by atoms with E-state index in [1.165, 1.54) is 18.2 Å². The normalized spacial score (nSPS) is 17.5. The van der Waals surface area contributed by atoms with Crippen molar-refractivity contribution in [2.75, 3.05) is 37.7 Å². The van der Waals surface area contributed by atoms with E-state index in [-0.39, 0.29) is 37.2 Å². The Morgan fingerprint density at radius 1 is 0.929 bits per heavy atom. The molecular weight excluding hydrogens is 540 g/mol. The molecule has 7 nitrogen and oxygen atoms in total. The molecule has 218 valence electrons. The Kier molecular flexibility index (Phi) is 8.66. The summed E-state index contributed by atoms with van der Waals surface area (Å²) in [6.45, 7) is 5.73. The number of hydrogen-bond donors (Lipinski definition) is 0. The Morgan fingerprint density at radius 3 is 2.33 bits per heavy atom. The van der Waals surface area contributed by atoms with Crippen molar-refractivity contribution in [2.24, 2.45) is 0 Å². The first kappa shape index (κ1) is 29.0. The second-order valence-electron chi connectivity index (χ2n) is 10.4. The molecule has 0 aliphatic carbocycles. The standard InChI is InChI=1S/C33H33F2N3O4/c1-3-42-33(41)31-22(2)38(30(39)20-27(31)24-11-13-26(34)14-12-24)21-23-7-6-8-25(19-23)32(40)37-17-15-36(16-18-37)29-10-5-4-9-28(29)35/h4-14,19,27H,3,15-18,20-21H2,1-2H3. The van der Waals surface area contributed by atoms with E-state index in [4.69, 9.17) is 4.74 Å². The predicted molar refractivity (Wildman–Crippen MR) is 155 cm³/mol. The summed E-state index contributed by atoms with van der Waals surface area (Å²) >= 11 is 0. The highest BCUT2D eigenvalue weighted by molar-refractivity contribution is 5.96. The van der Waals surface area contributed by atoms with Gasteiger partial charge in [-0.3, -0.25) is 9.59 Å². The minimum atomic E-state index is -0.552. The van der Waals surface area contributed by atoms with Crippen LogP contribution in [0.1, 0.15) is 47.7 Å². The zero-order chi connectivity index (χ0) is 29.8. The minimum Gasteiger partial charge on any atom is -0.463 e. The number of hydrogen-bond acceptors (Lipinski definition) is 5. The van der Waals surface area contributed by atoms with E-state index in [0.29, 0.717) is 54.3 Å². The van der Waals surface area contributed by atoms with Crippen LogP contribution in [-0.4, -0.2) is 60.4 Å². The van der Waals surface area contributed by atoms with Gasteiger partial charge in [-0.2, -0.15) is 0 Å². The quantitative estimate of drug-likeness (QED) is 0.360. The molecule has 9 heteroatoms. The highest BCUT2D eigenvalue weighted by atomic mass is 19.1. The fraction of sp³-hybridized carbons (Fsp3) is 0.303. The summed E-state index contributed by atoms with van der Waals surface area (Å²) in [5, 5.41) is 0. The molecule has 1 unspecified atom stereocenters. The molecule has 42 heavy (non-hydrogen) atoms. The molecule has 5 rings (SSSR count). The summed E-state index contributed by atoms with van der Waals surface area (Å²) < 4.78 is 33.1. The maximum Gasteiger partial charge on any atom is 0.336 e. The number of nitrogens with zero attached hydrogens (tertiary/aromatic N) is 3. The largest absolute Gasteiger partial charge is 0.463 e. The molecule has 2 heterocycles. The van der Waals surface area contributed by atoms with Crippen molar-refractivity contribution in [2.45, 2.75) is 32.7 Å². The third kappa shape index (κ3) is 6.05. The van der Waals surface area contributed by atoms with Crippen LogP contribution in [-0.2, 0) is 20.9 Å². The molecule has 0 saturated carbocycles. The van der Waals surface area contributed by atoms with Crippen LogP contribution in [0.5, 0.6) is 0 Å². The molecule has 3 aromatic carbocycles. The number of carbonyl (C=O) groups excluding carboxylic acids is 3. The number of ether oxygens (including phenoxy) is 1.